The number of nitrogen functional groups attached to an aromatic ring is 1. The van der Waals surface area contributed by atoms with Crippen LogP contribution in [0.4, 0.5) is 20.2 Å². The molecule has 0 fully saturated rings. The van der Waals surface area contributed by atoms with Crippen LogP contribution in [0.15, 0.2) is 12.1 Å². The number of hydrogen-bond acceptors (Lipinski definition) is 3. The van der Waals surface area contributed by atoms with E-state index in [1.54, 1.807) is 0 Å². The average Bonchev–Trinajstić information content (AvgIpc) is 2.21. The number of rotatable bonds is 5. The summed E-state index contributed by atoms with van der Waals surface area (Å²) < 4.78 is 26.0. The van der Waals surface area contributed by atoms with Crippen molar-refractivity contribution in [2.45, 2.75) is 13.3 Å². The van der Waals surface area contributed by atoms with Gasteiger partial charge in [0.1, 0.15) is 5.82 Å². The van der Waals surface area contributed by atoms with Crippen molar-refractivity contribution in [2.75, 3.05) is 24.2 Å². The topological polar surface area (TPSA) is 58.3 Å². The fourth-order valence-corrected chi connectivity index (χ4v) is 1.34. The molecular weight excluding hydrogens is 214 g/mol. The van der Waals surface area contributed by atoms with Crippen LogP contribution < -0.4 is 11.1 Å². The second-order valence-corrected chi connectivity index (χ2v) is 3.85. The van der Waals surface area contributed by atoms with Crippen LogP contribution >= 0.6 is 0 Å². The van der Waals surface area contributed by atoms with Gasteiger partial charge >= 0.3 is 0 Å². The van der Waals surface area contributed by atoms with Crippen LogP contribution in [0.2, 0.25) is 0 Å². The number of hydrogen-bond donors (Lipinski definition) is 3. The predicted molar refractivity (Wildman–Crippen MR) is 60.1 cm³/mol. The molecule has 16 heavy (non-hydrogen) atoms. The van der Waals surface area contributed by atoms with Crippen molar-refractivity contribution in [1.82, 2.24) is 0 Å². The highest BCUT2D eigenvalue weighted by Crippen LogP contribution is 2.23. The summed E-state index contributed by atoms with van der Waals surface area (Å²) in [5, 5.41) is 11.6. The van der Waals surface area contributed by atoms with Crippen LogP contribution in [0, 0.1) is 17.6 Å². The molecule has 0 saturated carbocycles. The highest BCUT2D eigenvalue weighted by atomic mass is 19.1. The summed E-state index contributed by atoms with van der Waals surface area (Å²) >= 11 is 0. The molecule has 0 aliphatic heterocycles. The lowest BCUT2D eigenvalue weighted by Crippen LogP contribution is -2.14. The Morgan fingerprint density at radius 3 is 2.75 bits per heavy atom. The quantitative estimate of drug-likeness (QED) is 0.678. The van der Waals surface area contributed by atoms with Gasteiger partial charge in [-0.25, -0.2) is 8.78 Å². The first-order valence-corrected chi connectivity index (χ1v) is 5.13. The second kappa shape index (κ2) is 5.65. The van der Waals surface area contributed by atoms with Crippen molar-refractivity contribution in [3.63, 3.8) is 0 Å². The monoisotopic (exact) mass is 230 g/mol. The summed E-state index contributed by atoms with van der Waals surface area (Å²) in [6.07, 6.45) is 0.630. The van der Waals surface area contributed by atoms with E-state index in [1.807, 2.05) is 6.92 Å². The molecule has 0 aliphatic carbocycles. The number of nitrogens with one attached hydrogen (secondary N) is 1. The molecule has 0 spiro atoms. The van der Waals surface area contributed by atoms with Crippen LogP contribution in [-0.4, -0.2) is 18.3 Å². The van der Waals surface area contributed by atoms with Crippen LogP contribution in [0.5, 0.6) is 0 Å². The van der Waals surface area contributed by atoms with Crippen molar-refractivity contribution in [1.29, 1.82) is 0 Å². The molecule has 3 nitrogen and oxygen atoms in total. The fraction of sp³-hybridized carbons (Fsp3) is 0.455. The third kappa shape index (κ3) is 3.34. The molecule has 0 radical (unpaired) electrons. The molecule has 0 saturated heterocycles. The largest absolute Gasteiger partial charge is 0.396 e. The normalized spacial score (nSPS) is 12.5. The van der Waals surface area contributed by atoms with Crippen molar-refractivity contribution < 1.29 is 13.9 Å². The van der Waals surface area contributed by atoms with Crippen molar-refractivity contribution >= 4 is 11.4 Å². The zero-order valence-electron chi connectivity index (χ0n) is 9.13. The Balaban J connectivity index is 2.66. The lowest BCUT2D eigenvalue weighted by Gasteiger charge is -2.14. The molecule has 0 bridgehead atoms. The molecule has 5 heteroatoms. The Morgan fingerprint density at radius 2 is 2.12 bits per heavy atom. The Kier molecular flexibility index (Phi) is 4.49. The molecule has 4 N–H and O–H groups in total. The van der Waals surface area contributed by atoms with Crippen molar-refractivity contribution in [2.24, 2.45) is 5.92 Å². The van der Waals surface area contributed by atoms with Gasteiger partial charge in [-0.2, -0.15) is 0 Å². The minimum atomic E-state index is -0.766. The Bertz CT molecular complexity index is 358. The average molecular weight is 230 g/mol. The number of halogens is 2. The number of benzene rings is 1. The lowest BCUT2D eigenvalue weighted by atomic mass is 10.1. The van der Waals surface area contributed by atoms with Gasteiger partial charge in [0.25, 0.3) is 0 Å². The third-order valence-corrected chi connectivity index (χ3v) is 2.36. The molecule has 1 atom stereocenters. The molecule has 1 rings (SSSR count). The molecule has 1 unspecified atom stereocenters. The maximum atomic E-state index is 13.1. The van der Waals surface area contributed by atoms with Crippen molar-refractivity contribution in [3.05, 3.63) is 23.8 Å². The summed E-state index contributed by atoms with van der Waals surface area (Å²) in [6.45, 7) is 2.53. The van der Waals surface area contributed by atoms with Gasteiger partial charge in [0.2, 0.25) is 0 Å². The molecule has 1 aromatic rings. The van der Waals surface area contributed by atoms with E-state index in [1.165, 1.54) is 0 Å². The van der Waals surface area contributed by atoms with Gasteiger partial charge in [-0.3, -0.25) is 0 Å². The third-order valence-electron chi connectivity index (χ3n) is 2.36. The van der Waals surface area contributed by atoms with Gasteiger partial charge in [-0.15, -0.1) is 0 Å². The summed E-state index contributed by atoms with van der Waals surface area (Å²) in [7, 11) is 0. The zero-order chi connectivity index (χ0) is 12.1. The van der Waals surface area contributed by atoms with Gasteiger partial charge < -0.3 is 16.2 Å². The number of nitrogens with two attached hydrogens (primary N) is 1. The van der Waals surface area contributed by atoms with Gasteiger partial charge in [0, 0.05) is 19.2 Å². The molecular formula is C11H16F2N2O. The first-order chi connectivity index (χ1) is 7.54. The SMILES string of the molecule is CC(CCO)CNc1cc(F)cc(F)c1N. The van der Waals surface area contributed by atoms with Crippen LogP contribution in [0.1, 0.15) is 13.3 Å². The maximum absolute atomic E-state index is 13.1. The molecule has 90 valence electrons. The summed E-state index contributed by atoms with van der Waals surface area (Å²) in [4.78, 5) is 0. The van der Waals surface area contributed by atoms with Gasteiger partial charge in [-0.1, -0.05) is 6.92 Å². The Labute approximate surface area is 93.3 Å². The molecule has 0 heterocycles. The number of aliphatic hydroxyl groups is 1. The highest BCUT2D eigenvalue weighted by molar-refractivity contribution is 5.66. The van der Waals surface area contributed by atoms with E-state index in [4.69, 9.17) is 10.8 Å². The van der Waals surface area contributed by atoms with Gasteiger partial charge in [0.05, 0.1) is 11.4 Å². The maximum Gasteiger partial charge on any atom is 0.151 e. The highest BCUT2D eigenvalue weighted by Gasteiger charge is 2.09. The van der Waals surface area contributed by atoms with E-state index in [0.29, 0.717) is 13.0 Å². The minimum Gasteiger partial charge on any atom is -0.396 e. The fourth-order valence-electron chi connectivity index (χ4n) is 1.34. The van der Waals surface area contributed by atoms with E-state index in [9.17, 15) is 8.78 Å². The molecule has 1 aromatic carbocycles. The first-order valence-electron chi connectivity index (χ1n) is 5.13. The summed E-state index contributed by atoms with van der Waals surface area (Å²) in [5.41, 5.74) is 5.62. The first kappa shape index (κ1) is 12.7. The lowest BCUT2D eigenvalue weighted by molar-refractivity contribution is 0.266. The summed E-state index contributed by atoms with van der Waals surface area (Å²) in [6, 6.07) is 1.90. The van der Waals surface area contributed by atoms with Crippen LogP contribution in [0.25, 0.3) is 0 Å². The zero-order valence-corrected chi connectivity index (χ0v) is 9.13. The van der Waals surface area contributed by atoms with E-state index in [-0.39, 0.29) is 23.9 Å². The van der Waals surface area contributed by atoms with E-state index in [2.05, 4.69) is 5.32 Å². The van der Waals surface area contributed by atoms with Crippen LogP contribution in [0.3, 0.4) is 0 Å². The van der Waals surface area contributed by atoms with Gasteiger partial charge in [0.15, 0.2) is 5.82 Å². The smallest absolute Gasteiger partial charge is 0.151 e. The Hall–Kier alpha value is -1.36. The van der Waals surface area contributed by atoms with E-state index in [0.717, 1.165) is 12.1 Å². The van der Waals surface area contributed by atoms with E-state index >= 15 is 0 Å². The predicted octanol–water partition coefficient (Wildman–Crippen LogP) is 1.98. The van der Waals surface area contributed by atoms with Crippen molar-refractivity contribution in [3.8, 4) is 0 Å². The number of aliphatic hydroxyl groups excluding tert-OH is 1. The molecule has 0 aliphatic rings. The standard InChI is InChI=1S/C11H16F2N2O/c1-7(2-3-16)6-15-10-5-8(12)4-9(13)11(10)14/h4-5,7,15-16H,2-3,6,14H2,1H3. The second-order valence-electron chi connectivity index (χ2n) is 3.85. The Morgan fingerprint density at radius 1 is 1.44 bits per heavy atom. The minimum absolute atomic E-state index is 0.0856. The van der Waals surface area contributed by atoms with E-state index < -0.39 is 11.6 Å². The summed E-state index contributed by atoms with van der Waals surface area (Å²) in [5.74, 6) is -1.22. The van der Waals surface area contributed by atoms with Gasteiger partial charge in [-0.05, 0) is 18.4 Å². The number of anilines is 2. The molecule has 0 amide bonds. The van der Waals surface area contributed by atoms with Crippen LogP contribution in [-0.2, 0) is 0 Å². The molecule has 0 aromatic heterocycles.